The van der Waals surface area contributed by atoms with E-state index in [2.05, 4.69) is 10.2 Å². The van der Waals surface area contributed by atoms with Crippen LogP contribution >= 0.6 is 0 Å². The van der Waals surface area contributed by atoms with E-state index in [-0.39, 0.29) is 5.54 Å². The van der Waals surface area contributed by atoms with E-state index in [1.165, 1.54) is 0 Å². The van der Waals surface area contributed by atoms with Gasteiger partial charge in [0.15, 0.2) is 0 Å². The van der Waals surface area contributed by atoms with Gasteiger partial charge in [0.05, 0.1) is 5.54 Å². The molecule has 0 aromatic carbocycles. The molecule has 0 saturated carbocycles. The lowest BCUT2D eigenvalue weighted by atomic mass is 10.1. The second-order valence-corrected chi connectivity index (χ2v) is 2.47. The summed E-state index contributed by atoms with van der Waals surface area (Å²) in [6.45, 7) is 6.04. The standard InChI is InChI=1S/C5H12N2/c1-5(2,3)7-6-4/h1-4H3/b7-6+. The lowest BCUT2D eigenvalue weighted by Crippen LogP contribution is -2.07. The summed E-state index contributed by atoms with van der Waals surface area (Å²) in [7, 11) is 1.69. The fourth-order valence-electron chi connectivity index (χ4n) is 0.300. The molecular weight excluding hydrogens is 88.1 g/mol. The predicted molar refractivity (Wildman–Crippen MR) is 30.5 cm³/mol. The molecule has 0 aliphatic carbocycles. The van der Waals surface area contributed by atoms with Crippen LogP contribution in [0.25, 0.3) is 0 Å². The monoisotopic (exact) mass is 100 g/mol. The molecule has 0 bridgehead atoms. The van der Waals surface area contributed by atoms with Crippen molar-refractivity contribution in [2.75, 3.05) is 7.05 Å². The molecule has 0 rings (SSSR count). The van der Waals surface area contributed by atoms with Gasteiger partial charge in [-0.05, 0) is 20.8 Å². The first-order chi connectivity index (χ1) is 3.06. The highest BCUT2D eigenvalue weighted by Crippen LogP contribution is 2.04. The summed E-state index contributed by atoms with van der Waals surface area (Å²) in [5.41, 5.74) is 0.00868. The maximum absolute atomic E-state index is 3.88. The van der Waals surface area contributed by atoms with Crippen molar-refractivity contribution in [1.82, 2.24) is 0 Å². The highest BCUT2D eigenvalue weighted by atomic mass is 15.1. The van der Waals surface area contributed by atoms with Crippen LogP contribution in [0, 0.1) is 0 Å². The van der Waals surface area contributed by atoms with Crippen LogP contribution in [0.1, 0.15) is 20.8 Å². The molecule has 0 unspecified atom stereocenters. The Bertz CT molecular complexity index is 68.6. The third kappa shape index (κ3) is 5.60. The average Bonchev–Trinajstić information content (AvgIpc) is 1.30. The Morgan fingerprint density at radius 2 is 1.57 bits per heavy atom. The summed E-state index contributed by atoms with van der Waals surface area (Å²) in [6.07, 6.45) is 0. The molecule has 0 aromatic rings. The van der Waals surface area contributed by atoms with Crippen molar-refractivity contribution in [3.8, 4) is 0 Å². The van der Waals surface area contributed by atoms with Gasteiger partial charge >= 0.3 is 0 Å². The molecule has 42 valence electrons. The van der Waals surface area contributed by atoms with E-state index in [1.807, 2.05) is 20.8 Å². The molecule has 0 atom stereocenters. The number of hydrogen-bond acceptors (Lipinski definition) is 2. The Kier molecular flexibility index (Phi) is 1.93. The molecule has 0 N–H and O–H groups in total. The third-order valence-corrected chi connectivity index (χ3v) is 0.400. The van der Waals surface area contributed by atoms with Crippen molar-refractivity contribution in [3.05, 3.63) is 0 Å². The van der Waals surface area contributed by atoms with E-state index in [0.29, 0.717) is 0 Å². The van der Waals surface area contributed by atoms with Gasteiger partial charge in [-0.25, -0.2) is 0 Å². The van der Waals surface area contributed by atoms with Gasteiger partial charge in [0.1, 0.15) is 0 Å². The number of rotatable bonds is 0. The van der Waals surface area contributed by atoms with Crippen LogP contribution in [0.3, 0.4) is 0 Å². The molecule has 0 aliphatic heterocycles. The first-order valence-corrected chi connectivity index (χ1v) is 2.37. The number of azo groups is 1. The van der Waals surface area contributed by atoms with Crippen molar-refractivity contribution in [1.29, 1.82) is 0 Å². The lowest BCUT2D eigenvalue weighted by Gasteiger charge is -2.06. The topological polar surface area (TPSA) is 24.7 Å². The van der Waals surface area contributed by atoms with Crippen molar-refractivity contribution < 1.29 is 0 Å². The quantitative estimate of drug-likeness (QED) is 0.415. The number of nitrogens with zero attached hydrogens (tertiary/aromatic N) is 2. The zero-order valence-electron chi connectivity index (χ0n) is 5.39. The van der Waals surface area contributed by atoms with Crippen LogP contribution in [-0.4, -0.2) is 12.6 Å². The van der Waals surface area contributed by atoms with Gasteiger partial charge < -0.3 is 0 Å². The molecule has 0 amide bonds. The van der Waals surface area contributed by atoms with Gasteiger partial charge in [-0.3, -0.25) is 0 Å². The maximum Gasteiger partial charge on any atom is 0.0731 e. The first kappa shape index (κ1) is 6.60. The van der Waals surface area contributed by atoms with Crippen molar-refractivity contribution in [3.63, 3.8) is 0 Å². The van der Waals surface area contributed by atoms with Crippen LogP contribution in [0.2, 0.25) is 0 Å². The van der Waals surface area contributed by atoms with Gasteiger partial charge in [0.2, 0.25) is 0 Å². The molecule has 0 saturated heterocycles. The Hall–Kier alpha value is -0.400. The molecule has 2 heteroatoms. The lowest BCUT2D eigenvalue weighted by molar-refractivity contribution is 0.547. The predicted octanol–water partition coefficient (Wildman–Crippen LogP) is 1.87. The SMILES string of the molecule is C/N=N/C(C)(C)C. The van der Waals surface area contributed by atoms with Crippen LogP contribution in [0.15, 0.2) is 10.2 Å². The zero-order chi connectivity index (χ0) is 5.91. The van der Waals surface area contributed by atoms with E-state index >= 15 is 0 Å². The first-order valence-electron chi connectivity index (χ1n) is 2.37. The summed E-state index contributed by atoms with van der Waals surface area (Å²) in [5, 5.41) is 7.51. The molecular formula is C5H12N2. The average molecular weight is 100 g/mol. The second kappa shape index (κ2) is 2.05. The maximum atomic E-state index is 3.88. The van der Waals surface area contributed by atoms with Gasteiger partial charge in [-0.2, -0.15) is 10.2 Å². The van der Waals surface area contributed by atoms with Crippen LogP contribution < -0.4 is 0 Å². The molecule has 0 radical (unpaired) electrons. The second-order valence-electron chi connectivity index (χ2n) is 2.47. The molecule has 0 fully saturated rings. The van der Waals surface area contributed by atoms with Crippen molar-refractivity contribution >= 4 is 0 Å². The minimum atomic E-state index is 0.00868. The Balaban J connectivity index is 3.56. The van der Waals surface area contributed by atoms with E-state index < -0.39 is 0 Å². The molecule has 0 spiro atoms. The Morgan fingerprint density at radius 3 is 1.57 bits per heavy atom. The van der Waals surface area contributed by atoms with Crippen LogP contribution in [0.4, 0.5) is 0 Å². The van der Waals surface area contributed by atoms with Crippen LogP contribution in [-0.2, 0) is 0 Å². The summed E-state index contributed by atoms with van der Waals surface area (Å²) in [6, 6.07) is 0. The van der Waals surface area contributed by atoms with Crippen molar-refractivity contribution in [2.24, 2.45) is 10.2 Å². The fraction of sp³-hybridized carbons (Fsp3) is 1.00. The van der Waals surface area contributed by atoms with Gasteiger partial charge in [0, 0.05) is 7.05 Å². The van der Waals surface area contributed by atoms with Crippen LogP contribution in [0.5, 0.6) is 0 Å². The van der Waals surface area contributed by atoms with E-state index in [1.54, 1.807) is 7.05 Å². The fourth-order valence-corrected chi connectivity index (χ4v) is 0.300. The molecule has 0 aromatic heterocycles. The van der Waals surface area contributed by atoms with E-state index in [0.717, 1.165) is 0 Å². The summed E-state index contributed by atoms with van der Waals surface area (Å²) < 4.78 is 0. The molecule has 2 nitrogen and oxygen atoms in total. The summed E-state index contributed by atoms with van der Waals surface area (Å²) in [5.74, 6) is 0. The van der Waals surface area contributed by atoms with Gasteiger partial charge in [0.25, 0.3) is 0 Å². The highest BCUT2D eigenvalue weighted by molar-refractivity contribution is 4.65. The highest BCUT2D eigenvalue weighted by Gasteiger charge is 2.04. The largest absolute Gasteiger partial charge is 0.197 e. The minimum absolute atomic E-state index is 0.00868. The summed E-state index contributed by atoms with van der Waals surface area (Å²) in [4.78, 5) is 0. The van der Waals surface area contributed by atoms with Gasteiger partial charge in [-0.15, -0.1) is 0 Å². The summed E-state index contributed by atoms with van der Waals surface area (Å²) >= 11 is 0. The Labute approximate surface area is 44.6 Å². The third-order valence-electron chi connectivity index (χ3n) is 0.400. The van der Waals surface area contributed by atoms with Gasteiger partial charge in [-0.1, -0.05) is 0 Å². The smallest absolute Gasteiger partial charge is 0.0731 e. The molecule has 7 heavy (non-hydrogen) atoms. The van der Waals surface area contributed by atoms with E-state index in [4.69, 9.17) is 0 Å². The minimum Gasteiger partial charge on any atom is -0.197 e. The van der Waals surface area contributed by atoms with Crippen molar-refractivity contribution in [2.45, 2.75) is 26.3 Å². The van der Waals surface area contributed by atoms with E-state index in [9.17, 15) is 0 Å². The molecule has 0 heterocycles. The molecule has 0 aliphatic rings. The number of hydrogen-bond donors (Lipinski definition) is 0. The zero-order valence-corrected chi connectivity index (χ0v) is 5.39. The Morgan fingerprint density at radius 1 is 1.14 bits per heavy atom. The normalized spacial score (nSPS) is 13.1.